The summed E-state index contributed by atoms with van der Waals surface area (Å²) >= 11 is 5.70. The van der Waals surface area contributed by atoms with Gasteiger partial charge < -0.3 is 14.2 Å². The zero-order valence-corrected chi connectivity index (χ0v) is 12.5. The van der Waals surface area contributed by atoms with E-state index in [0.717, 1.165) is 0 Å². The molecule has 6 heteroatoms. The second-order valence-corrected chi connectivity index (χ2v) is 4.48. The average molecular weight is 312 g/mol. The molecule has 1 heterocycles. The Kier molecular flexibility index (Phi) is 5.22. The maximum atomic E-state index is 13.4. The quantitative estimate of drug-likeness (QED) is 0.765. The molecule has 0 aliphatic carbocycles. The summed E-state index contributed by atoms with van der Waals surface area (Å²) in [5, 5.41) is 0. The molecule has 0 amide bonds. The average Bonchev–Trinajstić information content (AvgIpc) is 2.51. The number of rotatable bonds is 6. The molecule has 0 saturated heterocycles. The zero-order valence-electron chi connectivity index (χ0n) is 11.7. The zero-order chi connectivity index (χ0) is 15.2. The van der Waals surface area contributed by atoms with Gasteiger partial charge >= 0.3 is 0 Å². The lowest BCUT2D eigenvalue weighted by atomic mass is 10.2. The Morgan fingerprint density at radius 2 is 2.00 bits per heavy atom. The van der Waals surface area contributed by atoms with Gasteiger partial charge in [-0.15, -0.1) is 11.6 Å². The van der Waals surface area contributed by atoms with Crippen LogP contribution in [0.1, 0.15) is 11.3 Å². The van der Waals surface area contributed by atoms with Crippen LogP contribution >= 0.6 is 11.6 Å². The molecule has 4 nitrogen and oxygen atoms in total. The second-order valence-electron chi connectivity index (χ2n) is 4.21. The van der Waals surface area contributed by atoms with Crippen LogP contribution in [0.4, 0.5) is 4.39 Å². The second kappa shape index (κ2) is 7.13. The van der Waals surface area contributed by atoms with E-state index in [-0.39, 0.29) is 12.5 Å². The van der Waals surface area contributed by atoms with E-state index in [1.165, 1.54) is 19.2 Å². The smallest absolute Gasteiger partial charge is 0.185 e. The number of halogens is 2. The van der Waals surface area contributed by atoms with Crippen LogP contribution < -0.4 is 14.2 Å². The van der Waals surface area contributed by atoms with Crippen molar-refractivity contribution in [3.05, 3.63) is 47.5 Å². The molecule has 0 fully saturated rings. The Morgan fingerprint density at radius 1 is 1.19 bits per heavy atom. The number of methoxy groups -OCH3 is 2. The summed E-state index contributed by atoms with van der Waals surface area (Å²) in [6, 6.07) is 6.03. The fourth-order valence-electron chi connectivity index (χ4n) is 1.89. The highest BCUT2D eigenvalue weighted by Crippen LogP contribution is 2.30. The van der Waals surface area contributed by atoms with Crippen LogP contribution in [0.5, 0.6) is 17.2 Å². The molecule has 21 heavy (non-hydrogen) atoms. The van der Waals surface area contributed by atoms with E-state index in [9.17, 15) is 4.39 Å². The third kappa shape index (κ3) is 3.76. The van der Waals surface area contributed by atoms with Crippen molar-refractivity contribution in [2.45, 2.75) is 12.5 Å². The fourth-order valence-corrected chi connectivity index (χ4v) is 2.04. The summed E-state index contributed by atoms with van der Waals surface area (Å²) in [6.07, 6.45) is 1.59. The van der Waals surface area contributed by atoms with E-state index in [1.807, 2.05) is 0 Å². The molecular weight excluding hydrogens is 297 g/mol. The lowest BCUT2D eigenvalue weighted by molar-refractivity contribution is 0.283. The molecule has 1 aromatic carbocycles. The Hall–Kier alpha value is -2.01. The van der Waals surface area contributed by atoms with E-state index in [1.54, 1.807) is 25.4 Å². The van der Waals surface area contributed by atoms with Crippen molar-refractivity contribution >= 4 is 11.6 Å². The minimum atomic E-state index is -0.395. The van der Waals surface area contributed by atoms with Gasteiger partial charge in [0, 0.05) is 24.2 Å². The Balaban J connectivity index is 2.18. The largest absolute Gasteiger partial charge is 0.493 e. The first-order valence-corrected chi connectivity index (χ1v) is 6.75. The molecule has 0 saturated carbocycles. The molecule has 2 aromatic rings. The van der Waals surface area contributed by atoms with Gasteiger partial charge in [0.25, 0.3) is 0 Å². The standard InChI is InChI=1S/C15H15ClFNO3/c1-19-14-3-4-18-13(15(14)20-2)9-21-12-6-10(8-16)5-11(17)7-12/h3-7H,8-9H2,1-2H3. The molecular formula is C15H15ClFNO3. The maximum absolute atomic E-state index is 13.4. The van der Waals surface area contributed by atoms with Crippen molar-refractivity contribution in [1.29, 1.82) is 0 Å². The number of pyridine rings is 1. The van der Waals surface area contributed by atoms with Crippen LogP contribution in [0.25, 0.3) is 0 Å². The topological polar surface area (TPSA) is 40.6 Å². The summed E-state index contributed by atoms with van der Waals surface area (Å²) in [5.41, 5.74) is 1.21. The molecule has 112 valence electrons. The Labute approximate surface area is 127 Å². The Bertz CT molecular complexity index is 622. The van der Waals surface area contributed by atoms with Gasteiger partial charge in [0.2, 0.25) is 0 Å². The van der Waals surface area contributed by atoms with Crippen molar-refractivity contribution < 1.29 is 18.6 Å². The highest BCUT2D eigenvalue weighted by Gasteiger charge is 2.12. The number of benzene rings is 1. The first-order valence-electron chi connectivity index (χ1n) is 6.22. The normalized spacial score (nSPS) is 10.3. The monoisotopic (exact) mass is 311 g/mol. The number of nitrogens with zero attached hydrogens (tertiary/aromatic N) is 1. The predicted molar refractivity (Wildman–Crippen MR) is 77.6 cm³/mol. The van der Waals surface area contributed by atoms with Gasteiger partial charge in [-0.1, -0.05) is 0 Å². The van der Waals surface area contributed by atoms with Crippen LogP contribution in [0, 0.1) is 5.82 Å². The molecule has 0 bridgehead atoms. The van der Waals surface area contributed by atoms with Crippen LogP contribution in [-0.2, 0) is 12.5 Å². The lowest BCUT2D eigenvalue weighted by Crippen LogP contribution is -2.03. The molecule has 0 atom stereocenters. The lowest BCUT2D eigenvalue weighted by Gasteiger charge is -2.12. The van der Waals surface area contributed by atoms with Gasteiger partial charge in [0.05, 0.1) is 14.2 Å². The third-order valence-electron chi connectivity index (χ3n) is 2.83. The molecule has 0 unspecified atom stereocenters. The van der Waals surface area contributed by atoms with Crippen molar-refractivity contribution in [1.82, 2.24) is 4.98 Å². The van der Waals surface area contributed by atoms with Gasteiger partial charge in [-0.3, -0.25) is 4.98 Å². The van der Waals surface area contributed by atoms with Crippen LogP contribution in [-0.4, -0.2) is 19.2 Å². The van der Waals surface area contributed by atoms with Gasteiger partial charge in [0.1, 0.15) is 23.9 Å². The molecule has 0 N–H and O–H groups in total. The van der Waals surface area contributed by atoms with E-state index in [0.29, 0.717) is 28.5 Å². The summed E-state index contributed by atoms with van der Waals surface area (Å²) in [4.78, 5) is 4.19. The van der Waals surface area contributed by atoms with E-state index in [4.69, 9.17) is 25.8 Å². The SMILES string of the molecule is COc1ccnc(COc2cc(F)cc(CCl)c2)c1OC. The number of alkyl halides is 1. The van der Waals surface area contributed by atoms with Crippen LogP contribution in [0.3, 0.4) is 0 Å². The van der Waals surface area contributed by atoms with Gasteiger partial charge in [-0.05, 0) is 17.7 Å². The first-order chi connectivity index (χ1) is 10.2. The highest BCUT2D eigenvalue weighted by molar-refractivity contribution is 6.17. The molecule has 2 rings (SSSR count). The van der Waals surface area contributed by atoms with Crippen molar-refractivity contribution in [3.63, 3.8) is 0 Å². The predicted octanol–water partition coefficient (Wildman–Crippen LogP) is 3.56. The van der Waals surface area contributed by atoms with Crippen molar-refractivity contribution in [2.24, 2.45) is 0 Å². The van der Waals surface area contributed by atoms with Crippen LogP contribution in [0.15, 0.2) is 30.5 Å². The number of hydrogen-bond acceptors (Lipinski definition) is 4. The number of ether oxygens (including phenoxy) is 3. The van der Waals surface area contributed by atoms with E-state index < -0.39 is 5.82 Å². The number of hydrogen-bond donors (Lipinski definition) is 0. The summed E-state index contributed by atoms with van der Waals surface area (Å²) in [5.74, 6) is 1.27. The molecule has 0 radical (unpaired) electrons. The van der Waals surface area contributed by atoms with Gasteiger partial charge in [-0.2, -0.15) is 0 Å². The van der Waals surface area contributed by atoms with Gasteiger partial charge in [-0.25, -0.2) is 4.39 Å². The van der Waals surface area contributed by atoms with E-state index in [2.05, 4.69) is 4.98 Å². The van der Waals surface area contributed by atoms with Crippen molar-refractivity contribution in [3.8, 4) is 17.2 Å². The maximum Gasteiger partial charge on any atom is 0.185 e. The summed E-state index contributed by atoms with van der Waals surface area (Å²) in [6.45, 7) is 0.131. The van der Waals surface area contributed by atoms with Crippen molar-refractivity contribution in [2.75, 3.05) is 14.2 Å². The molecule has 1 aromatic heterocycles. The highest BCUT2D eigenvalue weighted by atomic mass is 35.5. The van der Waals surface area contributed by atoms with Gasteiger partial charge in [0.15, 0.2) is 11.5 Å². The summed E-state index contributed by atoms with van der Waals surface area (Å²) < 4.78 is 29.4. The molecule has 0 aliphatic heterocycles. The summed E-state index contributed by atoms with van der Waals surface area (Å²) in [7, 11) is 3.07. The minimum absolute atomic E-state index is 0.131. The first kappa shape index (κ1) is 15.4. The Morgan fingerprint density at radius 3 is 2.67 bits per heavy atom. The number of aromatic nitrogens is 1. The minimum Gasteiger partial charge on any atom is -0.493 e. The van der Waals surface area contributed by atoms with E-state index >= 15 is 0 Å². The third-order valence-corrected chi connectivity index (χ3v) is 3.14. The molecule has 0 aliphatic rings. The fraction of sp³-hybridized carbons (Fsp3) is 0.267. The molecule has 0 spiro atoms. The van der Waals surface area contributed by atoms with Crippen LogP contribution in [0.2, 0.25) is 0 Å².